The standard InChI is InChI=1S/C13H19Cl2NO3S/c1-13(2,3)4-5-16-20(18,19)12-6-9(8-17)10(14)7-11(12)15/h6-7,16-17H,4-5,8H2,1-3H3. The predicted octanol–water partition coefficient (Wildman–Crippen LogP) is 3.20. The highest BCUT2D eigenvalue weighted by atomic mass is 35.5. The van der Waals surface area contributed by atoms with Gasteiger partial charge in [0.2, 0.25) is 10.0 Å². The number of hydrogen-bond donors (Lipinski definition) is 2. The van der Waals surface area contributed by atoms with Crippen molar-refractivity contribution in [1.82, 2.24) is 4.72 Å². The molecule has 7 heteroatoms. The molecule has 4 nitrogen and oxygen atoms in total. The van der Waals surface area contributed by atoms with Gasteiger partial charge >= 0.3 is 0 Å². The molecule has 114 valence electrons. The van der Waals surface area contributed by atoms with Crippen molar-refractivity contribution in [3.8, 4) is 0 Å². The smallest absolute Gasteiger partial charge is 0.242 e. The van der Waals surface area contributed by atoms with E-state index in [0.29, 0.717) is 18.5 Å². The van der Waals surface area contributed by atoms with Crippen LogP contribution in [0.3, 0.4) is 0 Å². The summed E-state index contributed by atoms with van der Waals surface area (Å²) >= 11 is 11.8. The Morgan fingerprint density at radius 2 is 1.80 bits per heavy atom. The Labute approximate surface area is 130 Å². The van der Waals surface area contributed by atoms with Crippen LogP contribution in [0.1, 0.15) is 32.8 Å². The van der Waals surface area contributed by atoms with Gasteiger partial charge in [0.05, 0.1) is 11.6 Å². The van der Waals surface area contributed by atoms with E-state index >= 15 is 0 Å². The molecule has 0 spiro atoms. The Bertz CT molecular complexity index is 580. The molecule has 0 aromatic heterocycles. The number of benzene rings is 1. The van der Waals surface area contributed by atoms with E-state index in [1.54, 1.807) is 0 Å². The van der Waals surface area contributed by atoms with Crippen molar-refractivity contribution in [3.63, 3.8) is 0 Å². The average molecular weight is 340 g/mol. The van der Waals surface area contributed by atoms with Gasteiger partial charge in [0.25, 0.3) is 0 Å². The summed E-state index contributed by atoms with van der Waals surface area (Å²) in [6.07, 6.45) is 0.699. The zero-order valence-electron chi connectivity index (χ0n) is 11.7. The van der Waals surface area contributed by atoms with Crippen LogP contribution in [0.15, 0.2) is 17.0 Å². The van der Waals surface area contributed by atoms with Gasteiger partial charge in [-0.15, -0.1) is 0 Å². The van der Waals surface area contributed by atoms with E-state index in [2.05, 4.69) is 4.72 Å². The molecule has 1 aromatic rings. The molecule has 0 unspecified atom stereocenters. The second-order valence-electron chi connectivity index (χ2n) is 5.74. The quantitative estimate of drug-likeness (QED) is 0.865. The van der Waals surface area contributed by atoms with Crippen molar-refractivity contribution in [3.05, 3.63) is 27.7 Å². The van der Waals surface area contributed by atoms with Crippen LogP contribution in [-0.2, 0) is 16.6 Å². The lowest BCUT2D eigenvalue weighted by atomic mass is 9.93. The molecular weight excluding hydrogens is 321 g/mol. The van der Waals surface area contributed by atoms with Gasteiger partial charge < -0.3 is 5.11 Å². The molecule has 2 N–H and O–H groups in total. The summed E-state index contributed by atoms with van der Waals surface area (Å²) in [4.78, 5) is -0.0680. The summed E-state index contributed by atoms with van der Waals surface area (Å²) < 4.78 is 26.9. The second kappa shape index (κ2) is 6.62. The van der Waals surface area contributed by atoms with E-state index in [1.165, 1.54) is 12.1 Å². The molecule has 0 aliphatic heterocycles. The number of nitrogens with one attached hydrogen (secondary N) is 1. The molecule has 0 aliphatic carbocycles. The summed E-state index contributed by atoms with van der Waals surface area (Å²) in [6.45, 7) is 6.06. The van der Waals surface area contributed by atoms with Crippen LogP contribution in [0.25, 0.3) is 0 Å². The first-order chi connectivity index (χ1) is 9.07. The first-order valence-electron chi connectivity index (χ1n) is 6.15. The normalized spacial score (nSPS) is 12.7. The molecule has 0 fully saturated rings. The van der Waals surface area contributed by atoms with Gasteiger partial charge in [-0.25, -0.2) is 13.1 Å². The number of rotatable bonds is 5. The highest BCUT2D eigenvalue weighted by Crippen LogP contribution is 2.28. The van der Waals surface area contributed by atoms with Crippen LogP contribution < -0.4 is 4.72 Å². The minimum Gasteiger partial charge on any atom is -0.392 e. The molecule has 0 aliphatic rings. The number of aliphatic hydroxyl groups excluding tert-OH is 1. The van der Waals surface area contributed by atoms with E-state index < -0.39 is 10.0 Å². The molecule has 0 saturated heterocycles. The highest BCUT2D eigenvalue weighted by molar-refractivity contribution is 7.89. The van der Waals surface area contributed by atoms with Crippen molar-refractivity contribution < 1.29 is 13.5 Å². The van der Waals surface area contributed by atoms with Crippen molar-refractivity contribution >= 4 is 33.2 Å². The van der Waals surface area contributed by atoms with Crippen LogP contribution in [0, 0.1) is 5.41 Å². The molecule has 0 saturated carbocycles. The fourth-order valence-corrected chi connectivity index (χ4v) is 3.42. The van der Waals surface area contributed by atoms with E-state index in [-0.39, 0.29) is 27.0 Å². The van der Waals surface area contributed by atoms with Gasteiger partial charge in [-0.3, -0.25) is 0 Å². The van der Waals surface area contributed by atoms with Crippen LogP contribution in [0.4, 0.5) is 0 Å². The maximum Gasteiger partial charge on any atom is 0.242 e. The van der Waals surface area contributed by atoms with E-state index in [0.717, 1.165) is 0 Å². The molecule has 0 bridgehead atoms. The lowest BCUT2D eigenvalue weighted by Crippen LogP contribution is -2.27. The molecule has 1 aromatic carbocycles. The van der Waals surface area contributed by atoms with E-state index in [1.807, 2.05) is 20.8 Å². The third kappa shape index (κ3) is 4.90. The van der Waals surface area contributed by atoms with Crippen molar-refractivity contribution in [2.24, 2.45) is 5.41 Å². The van der Waals surface area contributed by atoms with Crippen LogP contribution in [0.5, 0.6) is 0 Å². The molecule has 0 atom stereocenters. The van der Waals surface area contributed by atoms with Gasteiger partial charge in [-0.2, -0.15) is 0 Å². The third-order valence-electron chi connectivity index (χ3n) is 2.73. The Kier molecular flexibility index (Phi) is 5.87. The van der Waals surface area contributed by atoms with Crippen molar-refractivity contribution in [2.45, 2.75) is 38.7 Å². The minimum absolute atomic E-state index is 0.0303. The molecule has 0 heterocycles. The first kappa shape index (κ1) is 17.7. The lowest BCUT2D eigenvalue weighted by molar-refractivity contribution is 0.281. The van der Waals surface area contributed by atoms with Crippen molar-refractivity contribution in [1.29, 1.82) is 0 Å². The fraction of sp³-hybridized carbons (Fsp3) is 0.538. The monoisotopic (exact) mass is 339 g/mol. The molecule has 1 rings (SSSR count). The third-order valence-corrected chi connectivity index (χ3v) is 5.01. The molecule has 20 heavy (non-hydrogen) atoms. The topological polar surface area (TPSA) is 66.4 Å². The van der Waals surface area contributed by atoms with Gasteiger partial charge in [-0.1, -0.05) is 44.0 Å². The summed E-state index contributed by atoms with van der Waals surface area (Å²) in [5.74, 6) is 0. The fourth-order valence-electron chi connectivity index (χ4n) is 1.54. The van der Waals surface area contributed by atoms with Gasteiger partial charge in [0.1, 0.15) is 4.90 Å². The van der Waals surface area contributed by atoms with E-state index in [4.69, 9.17) is 28.3 Å². The summed E-state index contributed by atoms with van der Waals surface area (Å²) in [5, 5.41) is 9.42. The van der Waals surface area contributed by atoms with Crippen LogP contribution in [-0.4, -0.2) is 20.1 Å². The molecular formula is C13H19Cl2NO3S. The van der Waals surface area contributed by atoms with Gasteiger partial charge in [-0.05, 0) is 29.5 Å². The summed E-state index contributed by atoms with van der Waals surface area (Å²) in [7, 11) is -3.71. The maximum absolute atomic E-state index is 12.2. The maximum atomic E-state index is 12.2. The number of sulfonamides is 1. The number of hydrogen-bond acceptors (Lipinski definition) is 3. The van der Waals surface area contributed by atoms with Crippen LogP contribution in [0.2, 0.25) is 10.0 Å². The average Bonchev–Trinajstić information content (AvgIpc) is 2.26. The Morgan fingerprint density at radius 1 is 1.20 bits per heavy atom. The minimum atomic E-state index is -3.71. The number of halogens is 2. The zero-order chi connectivity index (χ0) is 15.6. The Morgan fingerprint density at radius 3 is 2.30 bits per heavy atom. The van der Waals surface area contributed by atoms with E-state index in [9.17, 15) is 8.42 Å². The Balaban J connectivity index is 2.98. The summed E-state index contributed by atoms with van der Waals surface area (Å²) in [6, 6.07) is 2.62. The SMILES string of the molecule is CC(C)(C)CCNS(=O)(=O)c1cc(CO)c(Cl)cc1Cl. The second-order valence-corrected chi connectivity index (χ2v) is 8.29. The van der Waals surface area contributed by atoms with Gasteiger partial charge in [0, 0.05) is 11.6 Å². The zero-order valence-corrected chi connectivity index (χ0v) is 14.0. The molecule has 0 radical (unpaired) electrons. The summed E-state index contributed by atoms with van der Waals surface area (Å²) in [5.41, 5.74) is 0.356. The largest absolute Gasteiger partial charge is 0.392 e. The number of aliphatic hydroxyl groups is 1. The highest BCUT2D eigenvalue weighted by Gasteiger charge is 2.20. The first-order valence-corrected chi connectivity index (χ1v) is 8.39. The van der Waals surface area contributed by atoms with Crippen molar-refractivity contribution in [2.75, 3.05) is 6.54 Å². The Hall–Kier alpha value is -0.330. The molecule has 0 amide bonds. The van der Waals surface area contributed by atoms with Crippen LogP contribution >= 0.6 is 23.2 Å². The van der Waals surface area contributed by atoms with Gasteiger partial charge in [0.15, 0.2) is 0 Å². The predicted molar refractivity (Wildman–Crippen MR) is 81.6 cm³/mol. The lowest BCUT2D eigenvalue weighted by Gasteiger charge is -2.18.